The number of likely N-dealkylation sites (tertiary alicyclic amines) is 1. The summed E-state index contributed by atoms with van der Waals surface area (Å²) in [5, 5.41) is 13.1. The van der Waals surface area contributed by atoms with E-state index in [9.17, 15) is 22.8 Å². The van der Waals surface area contributed by atoms with Crippen LogP contribution in [-0.4, -0.2) is 63.3 Å². The second-order valence-electron chi connectivity index (χ2n) is 9.83. The zero-order valence-electron chi connectivity index (χ0n) is 19.9. The van der Waals surface area contributed by atoms with E-state index in [4.69, 9.17) is 10.1 Å². The Morgan fingerprint density at radius 1 is 1.26 bits per heavy atom. The summed E-state index contributed by atoms with van der Waals surface area (Å²) in [4.78, 5) is 33.5. The number of halogens is 4. The van der Waals surface area contributed by atoms with Crippen LogP contribution in [-0.2, 0) is 21.2 Å². The molecule has 1 spiro atoms. The van der Waals surface area contributed by atoms with Gasteiger partial charge in [-0.25, -0.2) is 9.37 Å². The zero-order valence-corrected chi connectivity index (χ0v) is 19.9. The van der Waals surface area contributed by atoms with Crippen molar-refractivity contribution in [3.05, 3.63) is 47.4 Å². The van der Waals surface area contributed by atoms with Crippen molar-refractivity contribution >= 4 is 34.7 Å². The number of nitrogens with zero attached hydrogens (tertiary/aromatic N) is 4. The van der Waals surface area contributed by atoms with Crippen molar-refractivity contribution in [1.29, 1.82) is 5.41 Å². The van der Waals surface area contributed by atoms with E-state index in [1.165, 1.54) is 35.4 Å². The van der Waals surface area contributed by atoms with Crippen molar-refractivity contribution in [2.24, 2.45) is 0 Å². The molecule has 1 aliphatic carbocycles. The number of ether oxygens (including phenoxy) is 1. The summed E-state index contributed by atoms with van der Waals surface area (Å²) in [6, 6.07) is 6.74. The fraction of sp³-hybridized carbons (Fsp3) is 0.400. The minimum atomic E-state index is -4.67. The Labute approximate surface area is 213 Å². The normalized spacial score (nSPS) is 24.7. The Morgan fingerprint density at radius 3 is 2.79 bits per heavy atom. The molecular weight excluding hydrogens is 508 g/mol. The van der Waals surface area contributed by atoms with Crippen molar-refractivity contribution in [3.63, 3.8) is 0 Å². The molecule has 0 bridgehead atoms. The van der Waals surface area contributed by atoms with Gasteiger partial charge >= 0.3 is 6.18 Å². The number of alkyl halides is 3. The summed E-state index contributed by atoms with van der Waals surface area (Å²) in [5.41, 5.74) is -2.17. The number of pyridine rings is 1. The van der Waals surface area contributed by atoms with Gasteiger partial charge in [-0.05, 0) is 31.0 Å². The fourth-order valence-electron chi connectivity index (χ4n) is 5.84. The molecule has 2 aliphatic heterocycles. The molecule has 2 N–H and O–H groups in total. The summed E-state index contributed by atoms with van der Waals surface area (Å²) >= 11 is 0. The third kappa shape index (κ3) is 3.63. The molecule has 1 atom stereocenters. The van der Waals surface area contributed by atoms with E-state index in [1.807, 2.05) is 5.10 Å². The number of fused-ring (bicyclic) bond motifs is 3. The van der Waals surface area contributed by atoms with Gasteiger partial charge in [0.2, 0.25) is 17.7 Å². The molecule has 2 aromatic heterocycles. The average Bonchev–Trinajstić information content (AvgIpc) is 3.55. The Morgan fingerprint density at radius 2 is 2.05 bits per heavy atom. The molecule has 13 heteroatoms. The van der Waals surface area contributed by atoms with Crippen LogP contribution >= 0.6 is 0 Å². The molecule has 3 aromatic rings. The largest absolute Gasteiger partial charge is 0.474 e. The van der Waals surface area contributed by atoms with E-state index in [1.54, 1.807) is 11.0 Å². The molecular formula is C25H22F4N6O3. The van der Waals surface area contributed by atoms with Crippen molar-refractivity contribution in [1.82, 2.24) is 20.1 Å². The molecule has 2 amide bonds. The Hall–Kier alpha value is -4.03. The van der Waals surface area contributed by atoms with Crippen LogP contribution in [0.4, 0.5) is 23.2 Å². The van der Waals surface area contributed by atoms with E-state index < -0.39 is 35.1 Å². The highest BCUT2D eigenvalue weighted by Gasteiger charge is 2.61. The maximum Gasteiger partial charge on any atom is 0.434 e. The van der Waals surface area contributed by atoms with E-state index >= 15 is 4.39 Å². The van der Waals surface area contributed by atoms with Gasteiger partial charge in [-0.2, -0.15) is 18.3 Å². The second-order valence-corrected chi connectivity index (χ2v) is 9.83. The zero-order chi connectivity index (χ0) is 26.8. The van der Waals surface area contributed by atoms with E-state index in [0.29, 0.717) is 18.7 Å². The number of nitrogens with one attached hydrogen (secondary N) is 2. The van der Waals surface area contributed by atoms with Crippen molar-refractivity contribution in [2.75, 3.05) is 18.0 Å². The Bertz CT molecular complexity index is 1470. The SMILES string of the molecule is N=C[C@@H]1CCCN1C(=O)CN1C(=O)C2(CC(Oc3ccc4n[nH]c(C(F)(F)F)c4n3)C2)c2c(F)cccc21. The summed E-state index contributed by atoms with van der Waals surface area (Å²) in [6.07, 6.45) is -2.46. The predicted molar refractivity (Wildman–Crippen MR) is 126 cm³/mol. The average molecular weight is 530 g/mol. The summed E-state index contributed by atoms with van der Waals surface area (Å²) in [7, 11) is 0. The van der Waals surface area contributed by atoms with E-state index in [2.05, 4.69) is 10.1 Å². The lowest BCUT2D eigenvalue weighted by Crippen LogP contribution is -2.55. The summed E-state index contributed by atoms with van der Waals surface area (Å²) in [5.74, 6) is -1.38. The molecule has 3 aliphatic rings. The second kappa shape index (κ2) is 8.50. The minimum Gasteiger partial charge on any atom is -0.474 e. The topological polar surface area (TPSA) is 115 Å². The predicted octanol–water partition coefficient (Wildman–Crippen LogP) is 3.58. The highest BCUT2D eigenvalue weighted by Crippen LogP contribution is 2.55. The van der Waals surface area contributed by atoms with E-state index in [-0.39, 0.29) is 53.8 Å². The van der Waals surface area contributed by atoms with Gasteiger partial charge in [0.05, 0.1) is 17.1 Å². The highest BCUT2D eigenvalue weighted by molar-refractivity contribution is 6.11. The van der Waals surface area contributed by atoms with Gasteiger partial charge in [0.1, 0.15) is 29.5 Å². The van der Waals surface area contributed by atoms with Crippen LogP contribution in [0.15, 0.2) is 30.3 Å². The molecule has 198 valence electrons. The number of H-pyrrole nitrogens is 1. The maximum atomic E-state index is 15.1. The smallest absolute Gasteiger partial charge is 0.434 e. The minimum absolute atomic E-state index is 0.0280. The number of carbonyl (C=O) groups is 2. The van der Waals surface area contributed by atoms with Gasteiger partial charge in [-0.1, -0.05) is 6.07 Å². The number of aromatic nitrogens is 3. The van der Waals surface area contributed by atoms with Gasteiger partial charge < -0.3 is 19.9 Å². The van der Waals surface area contributed by atoms with Crippen LogP contribution in [0.25, 0.3) is 11.0 Å². The number of carbonyl (C=O) groups excluding carboxylic acids is 2. The van der Waals surface area contributed by atoms with Gasteiger partial charge in [-0.3, -0.25) is 14.7 Å². The number of benzene rings is 1. The molecule has 2 fully saturated rings. The molecule has 38 heavy (non-hydrogen) atoms. The lowest BCUT2D eigenvalue weighted by molar-refractivity contribution is -0.140. The standard InChI is InChI=1S/C25H22F4N6O3/c26-15-4-1-5-17-20(15)24(23(37)35(17)12-19(36)34-8-2-3-13(34)11-30)9-14(10-24)38-18-7-6-16-21(31-18)22(33-32-16)25(27,28)29/h1,4-7,11,13-14,30H,2-3,8-10,12H2,(H,32,33)/t13-,14?,24?/m0/s1. The van der Waals surface area contributed by atoms with E-state index in [0.717, 1.165) is 6.42 Å². The van der Waals surface area contributed by atoms with Crippen LogP contribution < -0.4 is 9.64 Å². The van der Waals surface area contributed by atoms with Gasteiger partial charge in [0.25, 0.3) is 0 Å². The highest BCUT2D eigenvalue weighted by atomic mass is 19.4. The van der Waals surface area contributed by atoms with Crippen LogP contribution in [0.5, 0.6) is 5.88 Å². The third-order valence-corrected chi connectivity index (χ3v) is 7.62. The molecule has 0 unspecified atom stereocenters. The first-order valence-electron chi connectivity index (χ1n) is 12.1. The number of amides is 2. The van der Waals surface area contributed by atoms with Gasteiger partial charge in [0, 0.05) is 37.2 Å². The third-order valence-electron chi connectivity index (χ3n) is 7.62. The maximum absolute atomic E-state index is 15.1. The first-order valence-corrected chi connectivity index (χ1v) is 12.1. The van der Waals surface area contributed by atoms with Crippen LogP contribution in [0.1, 0.15) is 36.9 Å². The van der Waals surface area contributed by atoms with Gasteiger partial charge in [0.15, 0.2) is 5.69 Å². The molecule has 1 aromatic carbocycles. The van der Waals surface area contributed by atoms with Gasteiger partial charge in [-0.15, -0.1) is 0 Å². The fourth-order valence-corrected chi connectivity index (χ4v) is 5.84. The molecule has 1 saturated carbocycles. The summed E-state index contributed by atoms with van der Waals surface area (Å²) < 4.78 is 60.6. The molecule has 9 nitrogen and oxygen atoms in total. The quantitative estimate of drug-likeness (QED) is 0.387. The number of hydrogen-bond acceptors (Lipinski definition) is 6. The van der Waals surface area contributed by atoms with Crippen LogP contribution in [0.2, 0.25) is 0 Å². The summed E-state index contributed by atoms with van der Waals surface area (Å²) in [6.45, 7) is 0.216. The van der Waals surface area contributed by atoms with Crippen molar-refractivity contribution in [2.45, 2.75) is 49.4 Å². The lowest BCUT2D eigenvalue weighted by Gasteiger charge is -2.43. The lowest BCUT2D eigenvalue weighted by atomic mass is 9.63. The molecule has 1 saturated heterocycles. The Kier molecular flexibility index (Phi) is 5.44. The molecule has 4 heterocycles. The number of aromatic amines is 1. The Balaban J connectivity index is 1.23. The van der Waals surface area contributed by atoms with Crippen LogP contribution in [0, 0.1) is 11.2 Å². The number of hydrogen-bond donors (Lipinski definition) is 2. The number of rotatable bonds is 5. The van der Waals surface area contributed by atoms with Crippen LogP contribution in [0.3, 0.4) is 0 Å². The number of anilines is 1. The first-order chi connectivity index (χ1) is 18.1. The van der Waals surface area contributed by atoms with Crippen molar-refractivity contribution < 1.29 is 31.9 Å². The first kappa shape index (κ1) is 24.3. The molecule has 6 rings (SSSR count). The monoisotopic (exact) mass is 530 g/mol. The molecule has 0 radical (unpaired) electrons. The van der Waals surface area contributed by atoms with Crippen molar-refractivity contribution in [3.8, 4) is 5.88 Å².